The molecule has 0 amide bonds. The lowest BCUT2D eigenvalue weighted by atomic mass is 9.84. The molecule has 53 heavy (non-hydrogen) atoms. The minimum atomic E-state index is -1.78. The molecular formula is C42H47ClO10. The summed E-state index contributed by atoms with van der Waals surface area (Å²) in [4.78, 5) is 61.2. The number of rotatable bonds is 7. The maximum atomic E-state index is 13.5. The number of aryl methyl sites for hydroxylation is 1. The number of allylic oxidation sites excluding steroid dienone is 2. The highest BCUT2D eigenvalue weighted by Gasteiger charge is 2.43. The second-order valence-corrected chi connectivity index (χ2v) is 13.9. The molecule has 0 aliphatic heterocycles. The third kappa shape index (κ3) is 7.70. The molecule has 1 aliphatic carbocycles. The van der Waals surface area contributed by atoms with Crippen LogP contribution in [0.15, 0.2) is 29.6 Å². The first-order valence-corrected chi connectivity index (χ1v) is 17.2. The van der Waals surface area contributed by atoms with Gasteiger partial charge in [0.15, 0.2) is 17.3 Å². The van der Waals surface area contributed by atoms with Crippen LogP contribution in [0, 0.1) is 69.2 Å². The van der Waals surface area contributed by atoms with Crippen LogP contribution in [0.4, 0.5) is 0 Å². The van der Waals surface area contributed by atoms with Gasteiger partial charge >= 0.3 is 11.9 Å². The average molecular weight is 747 g/mol. The Labute approximate surface area is 315 Å². The summed E-state index contributed by atoms with van der Waals surface area (Å²) in [6.07, 6.45) is 2.35. The van der Waals surface area contributed by atoms with Crippen LogP contribution in [0.1, 0.15) is 107 Å². The molecule has 0 heterocycles. The van der Waals surface area contributed by atoms with Gasteiger partial charge in [0, 0.05) is 16.7 Å². The molecule has 10 nitrogen and oxygen atoms in total. The highest BCUT2D eigenvalue weighted by atomic mass is 35.5. The quantitative estimate of drug-likeness (QED) is 0.138. The number of halogens is 1. The molecule has 2 N–H and O–H groups in total. The molecule has 4 rings (SSSR count). The average Bonchev–Trinajstić information content (AvgIpc) is 3.08. The molecule has 11 heteroatoms. The second kappa shape index (κ2) is 15.9. The van der Waals surface area contributed by atoms with E-state index in [1.165, 1.54) is 34.0 Å². The van der Waals surface area contributed by atoms with Crippen molar-refractivity contribution in [2.24, 2.45) is 0 Å². The maximum absolute atomic E-state index is 13.5. The molecule has 0 saturated heterocycles. The molecule has 3 aromatic rings. The van der Waals surface area contributed by atoms with Gasteiger partial charge in [-0.2, -0.15) is 0 Å². The molecule has 0 radical (unpaired) electrons. The molecule has 3 aromatic carbocycles. The van der Waals surface area contributed by atoms with Crippen molar-refractivity contribution in [2.75, 3.05) is 7.11 Å². The van der Waals surface area contributed by atoms with Gasteiger partial charge < -0.3 is 24.4 Å². The van der Waals surface area contributed by atoms with E-state index in [4.69, 9.17) is 25.8 Å². The number of hydrogen-bond acceptors (Lipinski definition) is 10. The summed E-state index contributed by atoms with van der Waals surface area (Å²) >= 11 is 6.39. The van der Waals surface area contributed by atoms with Gasteiger partial charge in [0.05, 0.1) is 12.7 Å². The van der Waals surface area contributed by atoms with Crippen molar-refractivity contribution in [2.45, 2.75) is 95.6 Å². The Hall–Kier alpha value is -5.06. The molecule has 0 aromatic heterocycles. The fourth-order valence-electron chi connectivity index (χ4n) is 6.51. The molecular weight excluding hydrogens is 700 g/mol. The lowest BCUT2D eigenvalue weighted by Gasteiger charge is -2.29. The number of hydrogen-bond donors (Lipinski definition) is 2. The first-order valence-electron chi connectivity index (χ1n) is 16.8. The second-order valence-electron chi connectivity index (χ2n) is 13.5. The van der Waals surface area contributed by atoms with Gasteiger partial charge in [-0.1, -0.05) is 11.6 Å². The number of phenolic OH excluding ortho intramolecular Hbond substituents is 1. The third-order valence-electron chi connectivity index (χ3n) is 10.2. The molecule has 0 unspecified atom stereocenters. The molecule has 1 atom stereocenters. The van der Waals surface area contributed by atoms with Gasteiger partial charge in [-0.05, 0) is 163 Å². The summed E-state index contributed by atoms with van der Waals surface area (Å²) in [7, 11) is 1.31. The van der Waals surface area contributed by atoms with Crippen molar-refractivity contribution in [1.29, 1.82) is 0 Å². The number of carbonyl (C=O) groups excluding carboxylic acids is 5. The Morgan fingerprint density at radius 2 is 1.17 bits per heavy atom. The van der Waals surface area contributed by atoms with Crippen molar-refractivity contribution in [1.82, 2.24) is 0 Å². The number of phenols is 1. The molecule has 0 spiro atoms. The summed E-state index contributed by atoms with van der Waals surface area (Å²) in [5.74, 6) is -1.55. The number of benzene rings is 3. The van der Waals surface area contributed by atoms with Crippen molar-refractivity contribution >= 4 is 40.9 Å². The van der Waals surface area contributed by atoms with E-state index in [-0.39, 0.29) is 40.0 Å². The van der Waals surface area contributed by atoms with E-state index < -0.39 is 23.3 Å². The fraction of sp³-hybridized carbons (Fsp3) is 0.357. The third-order valence-corrected chi connectivity index (χ3v) is 10.8. The summed E-state index contributed by atoms with van der Waals surface area (Å²) in [6.45, 7) is 22.0. The van der Waals surface area contributed by atoms with E-state index in [0.29, 0.717) is 55.3 Å². The van der Waals surface area contributed by atoms with Crippen LogP contribution in [0.25, 0.3) is 0 Å². The lowest BCUT2D eigenvalue weighted by Crippen LogP contribution is -2.43. The number of Topliss-reactive ketones (excluding diaryl/α,β-unsaturated/α-hetero) is 2. The monoisotopic (exact) mass is 746 g/mol. The van der Waals surface area contributed by atoms with Crippen molar-refractivity contribution < 1.29 is 48.4 Å². The Kier molecular flexibility index (Phi) is 12.7. The van der Waals surface area contributed by atoms with Crippen LogP contribution in [-0.2, 0) is 14.3 Å². The minimum absolute atomic E-state index is 0.00647. The predicted octanol–water partition coefficient (Wildman–Crippen LogP) is 8.14. The Morgan fingerprint density at radius 3 is 1.66 bits per heavy atom. The molecule has 0 fully saturated rings. The smallest absolute Gasteiger partial charge is 0.347 e. The summed E-state index contributed by atoms with van der Waals surface area (Å²) in [5, 5.41) is 21.1. The van der Waals surface area contributed by atoms with Gasteiger partial charge in [-0.3, -0.25) is 14.4 Å². The Morgan fingerprint density at radius 1 is 0.660 bits per heavy atom. The molecule has 282 valence electrons. The highest BCUT2D eigenvalue weighted by molar-refractivity contribution is 6.33. The number of aliphatic hydroxyl groups is 1. The summed E-state index contributed by atoms with van der Waals surface area (Å²) < 4.78 is 16.5. The van der Waals surface area contributed by atoms with Gasteiger partial charge in [-0.15, -0.1) is 0 Å². The highest BCUT2D eigenvalue weighted by Crippen LogP contribution is 2.38. The number of carbonyl (C=O) groups is 5. The van der Waals surface area contributed by atoms with Crippen molar-refractivity contribution in [3.63, 3.8) is 0 Å². The van der Waals surface area contributed by atoms with Gasteiger partial charge in [0.1, 0.15) is 28.6 Å². The van der Waals surface area contributed by atoms with Crippen LogP contribution in [0.5, 0.6) is 17.2 Å². The van der Waals surface area contributed by atoms with Gasteiger partial charge in [0.25, 0.3) is 0 Å². The zero-order chi connectivity index (χ0) is 40.6. The maximum Gasteiger partial charge on any atom is 0.347 e. The normalized spacial score (nSPS) is 15.1. The molecule has 1 aliphatic rings. The Bertz CT molecular complexity index is 2110. The first-order chi connectivity index (χ1) is 24.4. The largest absolute Gasteiger partial charge is 0.507 e. The summed E-state index contributed by atoms with van der Waals surface area (Å²) in [6, 6.07) is 1.61. The van der Waals surface area contributed by atoms with Crippen molar-refractivity contribution in [3.05, 3.63) is 107 Å². The SMILES string of the molecule is CC(=O)c1c(C)c(C)c(OC(=O)c2c(C)cc(OC(=O)c3c(C)c(Cl)c(C)c(C)c3O)c(C)c2C)c(C)c1C.COC1=CC(=O)C=C(C)[C@]1(O)C(C)=O. The Balaban J connectivity index is 0.000000452. The number of aromatic hydroxyl groups is 1. The topological polar surface area (TPSA) is 154 Å². The van der Waals surface area contributed by atoms with Crippen LogP contribution in [0.2, 0.25) is 5.02 Å². The van der Waals surface area contributed by atoms with E-state index in [0.717, 1.165) is 28.3 Å². The molecule has 0 saturated carbocycles. The summed E-state index contributed by atoms with van der Waals surface area (Å²) in [5.41, 5.74) is 5.94. The van der Waals surface area contributed by atoms with Crippen LogP contribution < -0.4 is 9.47 Å². The number of esters is 2. The van der Waals surface area contributed by atoms with E-state index >= 15 is 0 Å². The lowest BCUT2D eigenvalue weighted by molar-refractivity contribution is -0.131. The standard InChI is InChI=1S/C32H35ClO6.C10H12O4/c1-13-12-24(38-32(37)27-22(10)28(33)18(6)19(7)29(27)35)14(2)15(3)25(13)31(36)39-30-20(8)16(4)26(23(11)34)17(5)21(30)9;1-6-4-8(12)5-9(14-3)10(6,13)7(2)11/h12,35H,1-11H3;4-5,13H,1-3H3/t;10-/m.0/s1. The van der Waals surface area contributed by atoms with E-state index in [9.17, 15) is 34.2 Å². The zero-order valence-corrected chi connectivity index (χ0v) is 33.5. The number of ether oxygens (including phenoxy) is 3. The number of ketones is 3. The van der Waals surface area contributed by atoms with E-state index in [1.807, 2.05) is 27.7 Å². The predicted molar refractivity (Wildman–Crippen MR) is 203 cm³/mol. The van der Waals surface area contributed by atoms with Gasteiger partial charge in [0.2, 0.25) is 5.60 Å². The van der Waals surface area contributed by atoms with Crippen molar-refractivity contribution in [3.8, 4) is 17.2 Å². The zero-order valence-electron chi connectivity index (χ0n) is 32.8. The first kappa shape index (κ1) is 42.4. The van der Waals surface area contributed by atoms with E-state index in [1.54, 1.807) is 47.6 Å². The molecule has 0 bridgehead atoms. The van der Waals surface area contributed by atoms with Crippen LogP contribution in [-0.4, -0.2) is 52.2 Å². The van der Waals surface area contributed by atoms with E-state index in [2.05, 4.69) is 0 Å². The fourth-order valence-corrected chi connectivity index (χ4v) is 6.75. The van der Waals surface area contributed by atoms with Gasteiger partial charge in [-0.25, -0.2) is 9.59 Å². The number of methoxy groups -OCH3 is 1. The van der Waals surface area contributed by atoms with Crippen LogP contribution >= 0.6 is 11.6 Å². The van der Waals surface area contributed by atoms with Crippen LogP contribution in [0.3, 0.4) is 0 Å². The minimum Gasteiger partial charge on any atom is -0.507 e.